The van der Waals surface area contributed by atoms with Crippen molar-refractivity contribution in [3.63, 3.8) is 0 Å². The van der Waals surface area contributed by atoms with E-state index in [4.69, 9.17) is 11.6 Å². The number of amides is 2. The molecule has 0 unspecified atom stereocenters. The molecule has 0 N–H and O–H groups in total. The van der Waals surface area contributed by atoms with Crippen LogP contribution in [0.15, 0.2) is 29.2 Å². The SMILES string of the molecule is CC(C)CN1C(=O)S/C(=C/c2ccc(Cl)cc2)C1=O. The van der Waals surface area contributed by atoms with Crippen LogP contribution in [0.2, 0.25) is 5.02 Å². The minimum atomic E-state index is -0.210. The summed E-state index contributed by atoms with van der Waals surface area (Å²) < 4.78 is 0. The van der Waals surface area contributed by atoms with Gasteiger partial charge in [0.15, 0.2) is 0 Å². The first kappa shape index (κ1) is 14.2. The zero-order valence-corrected chi connectivity index (χ0v) is 12.3. The lowest BCUT2D eigenvalue weighted by Crippen LogP contribution is -2.31. The second-order valence-corrected chi connectivity index (χ2v) is 6.17. The highest BCUT2D eigenvalue weighted by Crippen LogP contribution is 2.32. The molecule has 0 atom stereocenters. The van der Waals surface area contributed by atoms with Crippen LogP contribution in [-0.4, -0.2) is 22.6 Å². The fourth-order valence-corrected chi connectivity index (χ4v) is 2.71. The van der Waals surface area contributed by atoms with Crippen molar-refractivity contribution in [1.82, 2.24) is 4.90 Å². The number of imide groups is 1. The number of thioether (sulfide) groups is 1. The number of hydrogen-bond donors (Lipinski definition) is 0. The van der Waals surface area contributed by atoms with Crippen molar-refractivity contribution >= 4 is 40.6 Å². The smallest absolute Gasteiger partial charge is 0.268 e. The van der Waals surface area contributed by atoms with E-state index in [0.717, 1.165) is 17.3 Å². The third-order valence-electron chi connectivity index (χ3n) is 2.59. The van der Waals surface area contributed by atoms with Gasteiger partial charge in [-0.1, -0.05) is 37.6 Å². The zero-order chi connectivity index (χ0) is 14.0. The monoisotopic (exact) mass is 295 g/mol. The summed E-state index contributed by atoms with van der Waals surface area (Å²) >= 11 is 6.79. The molecular weight excluding hydrogens is 282 g/mol. The Balaban J connectivity index is 2.20. The molecule has 1 aromatic carbocycles. The van der Waals surface area contributed by atoms with Crippen LogP contribution in [0.1, 0.15) is 19.4 Å². The molecule has 1 heterocycles. The molecule has 1 aliphatic rings. The summed E-state index contributed by atoms with van der Waals surface area (Å²) in [6.07, 6.45) is 1.72. The first-order chi connectivity index (χ1) is 8.97. The second-order valence-electron chi connectivity index (χ2n) is 4.74. The summed E-state index contributed by atoms with van der Waals surface area (Å²) in [5.74, 6) is 0.0574. The van der Waals surface area contributed by atoms with Crippen LogP contribution in [-0.2, 0) is 4.79 Å². The third-order valence-corrected chi connectivity index (χ3v) is 3.75. The van der Waals surface area contributed by atoms with Gasteiger partial charge in [0.1, 0.15) is 0 Å². The number of carbonyl (C=O) groups excluding carboxylic acids is 2. The average molecular weight is 296 g/mol. The van der Waals surface area contributed by atoms with E-state index in [1.807, 2.05) is 26.0 Å². The van der Waals surface area contributed by atoms with Crippen LogP contribution in [0.4, 0.5) is 4.79 Å². The second kappa shape index (κ2) is 5.80. The van der Waals surface area contributed by atoms with E-state index in [1.165, 1.54) is 4.90 Å². The zero-order valence-electron chi connectivity index (χ0n) is 10.7. The molecule has 3 nitrogen and oxygen atoms in total. The van der Waals surface area contributed by atoms with Crippen LogP contribution >= 0.6 is 23.4 Å². The third kappa shape index (κ3) is 3.39. The maximum atomic E-state index is 12.1. The molecule has 1 aliphatic heterocycles. The van der Waals surface area contributed by atoms with Crippen LogP contribution in [0, 0.1) is 5.92 Å². The van der Waals surface area contributed by atoms with Crippen LogP contribution in [0.3, 0.4) is 0 Å². The fraction of sp³-hybridized carbons (Fsp3) is 0.286. The van der Waals surface area contributed by atoms with Gasteiger partial charge in [0.25, 0.3) is 11.1 Å². The van der Waals surface area contributed by atoms with Gasteiger partial charge in [-0.2, -0.15) is 0 Å². The molecular formula is C14H14ClNO2S. The minimum Gasteiger partial charge on any atom is -0.268 e. The first-order valence-corrected chi connectivity index (χ1v) is 7.18. The molecule has 0 radical (unpaired) electrons. The van der Waals surface area contributed by atoms with Crippen LogP contribution < -0.4 is 0 Å². The summed E-state index contributed by atoms with van der Waals surface area (Å²) in [6, 6.07) is 7.15. The maximum absolute atomic E-state index is 12.1. The minimum absolute atomic E-state index is 0.195. The molecule has 0 bridgehead atoms. The molecule has 1 aromatic rings. The maximum Gasteiger partial charge on any atom is 0.293 e. The molecule has 0 aromatic heterocycles. The highest BCUT2D eigenvalue weighted by Gasteiger charge is 2.35. The van der Waals surface area contributed by atoms with E-state index >= 15 is 0 Å². The van der Waals surface area contributed by atoms with Gasteiger partial charge in [-0.25, -0.2) is 0 Å². The standard InChI is InChI=1S/C14H14ClNO2S/c1-9(2)8-16-13(17)12(19-14(16)18)7-10-3-5-11(15)6-4-10/h3-7,9H,8H2,1-2H3/b12-7+. The fourth-order valence-electron chi connectivity index (χ4n) is 1.73. The highest BCUT2D eigenvalue weighted by atomic mass is 35.5. The molecule has 100 valence electrons. The van der Waals surface area contributed by atoms with Crippen LogP contribution in [0.25, 0.3) is 6.08 Å². The summed E-state index contributed by atoms with van der Waals surface area (Å²) in [6.45, 7) is 4.42. The van der Waals surface area contributed by atoms with Crippen molar-refractivity contribution in [3.05, 3.63) is 39.8 Å². The number of rotatable bonds is 3. The number of hydrogen-bond acceptors (Lipinski definition) is 3. The number of nitrogens with zero attached hydrogens (tertiary/aromatic N) is 1. The van der Waals surface area contributed by atoms with Crippen molar-refractivity contribution in [2.45, 2.75) is 13.8 Å². The van der Waals surface area contributed by atoms with E-state index in [-0.39, 0.29) is 17.1 Å². The quantitative estimate of drug-likeness (QED) is 0.790. The molecule has 19 heavy (non-hydrogen) atoms. The van der Waals surface area contributed by atoms with E-state index in [0.29, 0.717) is 16.5 Å². The Bertz CT molecular complexity index is 537. The predicted octanol–water partition coefficient (Wildman–Crippen LogP) is 4.03. The molecule has 0 aliphatic carbocycles. The number of benzene rings is 1. The predicted molar refractivity (Wildman–Crippen MR) is 79.0 cm³/mol. The topological polar surface area (TPSA) is 37.4 Å². The average Bonchev–Trinajstić information content (AvgIpc) is 2.60. The van der Waals surface area contributed by atoms with Gasteiger partial charge in [-0.05, 0) is 41.5 Å². The first-order valence-electron chi connectivity index (χ1n) is 5.98. The van der Waals surface area contributed by atoms with Gasteiger partial charge in [-0.3, -0.25) is 14.5 Å². The van der Waals surface area contributed by atoms with Gasteiger partial charge >= 0.3 is 0 Å². The van der Waals surface area contributed by atoms with Gasteiger partial charge in [0.2, 0.25) is 0 Å². The van der Waals surface area contributed by atoms with Crippen molar-refractivity contribution in [2.75, 3.05) is 6.54 Å². The Hall–Kier alpha value is -1.26. The van der Waals surface area contributed by atoms with Gasteiger partial charge in [0, 0.05) is 11.6 Å². The van der Waals surface area contributed by atoms with Crippen molar-refractivity contribution in [3.8, 4) is 0 Å². The van der Waals surface area contributed by atoms with Crippen molar-refractivity contribution < 1.29 is 9.59 Å². The molecule has 5 heteroatoms. The normalized spacial score (nSPS) is 17.9. The van der Waals surface area contributed by atoms with E-state index in [1.54, 1.807) is 18.2 Å². The Morgan fingerprint density at radius 1 is 1.26 bits per heavy atom. The van der Waals surface area contributed by atoms with E-state index in [2.05, 4.69) is 0 Å². The number of carbonyl (C=O) groups is 2. The summed E-state index contributed by atoms with van der Waals surface area (Å²) in [5, 5.41) is 0.448. The Kier molecular flexibility index (Phi) is 4.32. The van der Waals surface area contributed by atoms with Gasteiger partial charge < -0.3 is 0 Å². The molecule has 1 fully saturated rings. The molecule has 0 saturated carbocycles. The molecule has 2 amide bonds. The van der Waals surface area contributed by atoms with Crippen molar-refractivity contribution in [1.29, 1.82) is 0 Å². The lowest BCUT2D eigenvalue weighted by Gasteiger charge is -2.14. The summed E-state index contributed by atoms with van der Waals surface area (Å²) in [7, 11) is 0. The molecule has 2 rings (SSSR count). The largest absolute Gasteiger partial charge is 0.293 e. The van der Waals surface area contributed by atoms with Gasteiger partial charge in [-0.15, -0.1) is 0 Å². The lowest BCUT2D eigenvalue weighted by atomic mass is 10.2. The van der Waals surface area contributed by atoms with Crippen LogP contribution in [0.5, 0.6) is 0 Å². The van der Waals surface area contributed by atoms with Gasteiger partial charge in [0.05, 0.1) is 4.91 Å². The Morgan fingerprint density at radius 3 is 2.47 bits per heavy atom. The number of halogens is 1. The van der Waals surface area contributed by atoms with Crippen molar-refractivity contribution in [2.24, 2.45) is 5.92 Å². The molecule has 1 saturated heterocycles. The highest BCUT2D eigenvalue weighted by molar-refractivity contribution is 8.18. The summed E-state index contributed by atoms with van der Waals surface area (Å²) in [5.41, 5.74) is 0.861. The molecule has 0 spiro atoms. The summed E-state index contributed by atoms with van der Waals surface area (Å²) in [4.78, 5) is 25.7. The Labute approximate surface area is 121 Å². The lowest BCUT2D eigenvalue weighted by molar-refractivity contribution is -0.123. The van der Waals surface area contributed by atoms with E-state index < -0.39 is 0 Å². The van der Waals surface area contributed by atoms with E-state index in [9.17, 15) is 9.59 Å². The Morgan fingerprint density at radius 2 is 1.89 bits per heavy atom.